The molecule has 0 atom stereocenters. The summed E-state index contributed by atoms with van der Waals surface area (Å²) in [5.41, 5.74) is 7.79. The summed E-state index contributed by atoms with van der Waals surface area (Å²) in [6.07, 6.45) is 9.72. The number of fused-ring (bicyclic) bond motifs is 1. The van der Waals surface area contributed by atoms with Gasteiger partial charge in [-0.2, -0.15) is 0 Å². The van der Waals surface area contributed by atoms with Crippen molar-refractivity contribution in [2.75, 3.05) is 5.73 Å². The predicted octanol–water partition coefficient (Wildman–Crippen LogP) is 2.40. The average molecular weight is 269 g/mol. The van der Waals surface area contributed by atoms with Gasteiger partial charge in [-0.05, 0) is 56.3 Å². The van der Waals surface area contributed by atoms with E-state index in [1.54, 1.807) is 6.33 Å². The quantitative estimate of drug-likeness (QED) is 0.833. The van der Waals surface area contributed by atoms with Crippen LogP contribution < -0.4 is 5.73 Å². The summed E-state index contributed by atoms with van der Waals surface area (Å²) in [6.45, 7) is 0. The zero-order valence-corrected chi connectivity index (χ0v) is 11.5. The maximum atomic E-state index is 6.10. The van der Waals surface area contributed by atoms with Gasteiger partial charge in [0.15, 0.2) is 11.5 Å². The van der Waals surface area contributed by atoms with Gasteiger partial charge >= 0.3 is 0 Å². The number of aromatic nitrogens is 4. The first-order chi connectivity index (χ1) is 9.72. The number of aromatic amines is 1. The molecule has 5 nitrogen and oxygen atoms in total. The van der Waals surface area contributed by atoms with E-state index in [0.29, 0.717) is 5.82 Å². The minimum atomic E-state index is 0.190. The number of H-pyrrole nitrogens is 1. The lowest BCUT2D eigenvalue weighted by Gasteiger charge is -2.55. The van der Waals surface area contributed by atoms with Crippen LogP contribution in [0.1, 0.15) is 44.3 Å². The zero-order valence-electron chi connectivity index (χ0n) is 11.5. The molecule has 0 saturated heterocycles. The van der Waals surface area contributed by atoms with Gasteiger partial charge in [0.25, 0.3) is 0 Å². The van der Waals surface area contributed by atoms with Crippen molar-refractivity contribution in [2.24, 2.45) is 17.8 Å². The molecular weight excluding hydrogens is 250 g/mol. The first-order valence-corrected chi connectivity index (χ1v) is 7.69. The van der Waals surface area contributed by atoms with E-state index in [0.717, 1.165) is 34.7 Å². The molecule has 5 heteroatoms. The number of nitrogens with zero attached hydrogens (tertiary/aromatic N) is 3. The minimum Gasteiger partial charge on any atom is -0.382 e. The minimum absolute atomic E-state index is 0.190. The normalized spacial score (nSPS) is 38.7. The molecule has 0 amide bonds. The third-order valence-corrected chi connectivity index (χ3v) is 5.83. The summed E-state index contributed by atoms with van der Waals surface area (Å²) >= 11 is 0. The Hall–Kier alpha value is -1.65. The molecule has 104 valence electrons. The molecule has 4 bridgehead atoms. The van der Waals surface area contributed by atoms with Gasteiger partial charge in [0.2, 0.25) is 0 Å². The van der Waals surface area contributed by atoms with Crippen LogP contribution in [0.25, 0.3) is 11.2 Å². The number of hydrogen-bond donors (Lipinski definition) is 2. The molecule has 2 aromatic rings. The summed E-state index contributed by atoms with van der Waals surface area (Å²) in [5.74, 6) is 4.19. The lowest BCUT2D eigenvalue weighted by Crippen LogP contribution is -2.49. The van der Waals surface area contributed by atoms with Crippen LogP contribution in [0.4, 0.5) is 5.82 Å². The number of hydrogen-bond acceptors (Lipinski definition) is 4. The van der Waals surface area contributed by atoms with Gasteiger partial charge < -0.3 is 10.7 Å². The number of nitrogens with one attached hydrogen (secondary N) is 1. The van der Waals surface area contributed by atoms with Crippen molar-refractivity contribution < 1.29 is 0 Å². The van der Waals surface area contributed by atoms with Crippen LogP contribution in [-0.2, 0) is 5.41 Å². The summed E-state index contributed by atoms with van der Waals surface area (Å²) in [4.78, 5) is 16.7. The summed E-state index contributed by atoms with van der Waals surface area (Å²) < 4.78 is 0. The van der Waals surface area contributed by atoms with Gasteiger partial charge in [0.1, 0.15) is 11.3 Å². The Balaban J connectivity index is 1.67. The van der Waals surface area contributed by atoms with Gasteiger partial charge in [-0.3, -0.25) is 0 Å². The molecule has 6 rings (SSSR count). The molecule has 0 spiro atoms. The van der Waals surface area contributed by atoms with E-state index in [1.165, 1.54) is 38.5 Å². The van der Waals surface area contributed by atoms with Crippen LogP contribution in [-0.4, -0.2) is 19.9 Å². The lowest BCUT2D eigenvalue weighted by atomic mass is 9.49. The average Bonchev–Trinajstić information content (AvgIpc) is 2.86. The maximum absolute atomic E-state index is 6.10. The second kappa shape index (κ2) is 3.51. The Kier molecular flexibility index (Phi) is 1.94. The predicted molar refractivity (Wildman–Crippen MR) is 75.9 cm³/mol. The van der Waals surface area contributed by atoms with E-state index in [-0.39, 0.29) is 5.41 Å². The first-order valence-electron chi connectivity index (χ1n) is 7.69. The second-order valence-electron chi connectivity index (χ2n) is 7.23. The molecule has 4 saturated carbocycles. The van der Waals surface area contributed by atoms with E-state index in [4.69, 9.17) is 10.7 Å². The van der Waals surface area contributed by atoms with Crippen molar-refractivity contribution in [3.05, 3.63) is 12.2 Å². The second-order valence-corrected chi connectivity index (χ2v) is 7.23. The highest BCUT2D eigenvalue weighted by Crippen LogP contribution is 2.60. The van der Waals surface area contributed by atoms with Crippen molar-refractivity contribution in [3.63, 3.8) is 0 Å². The Labute approximate surface area is 117 Å². The van der Waals surface area contributed by atoms with E-state index >= 15 is 0 Å². The van der Waals surface area contributed by atoms with E-state index in [2.05, 4.69) is 15.0 Å². The van der Waals surface area contributed by atoms with Gasteiger partial charge in [0, 0.05) is 5.41 Å². The van der Waals surface area contributed by atoms with E-state index < -0.39 is 0 Å². The van der Waals surface area contributed by atoms with Crippen molar-refractivity contribution >= 4 is 17.0 Å². The standard InChI is InChI=1S/C15H19N5/c16-12-11-13(18-7-17-11)20-14(19-12)15-4-8-1-9(5-15)3-10(2-8)6-15/h7-10H,1-6H2,(H3,16,17,18,19,20). The number of nitrogens with two attached hydrogens (primary N) is 1. The third-order valence-electron chi connectivity index (χ3n) is 5.83. The van der Waals surface area contributed by atoms with Crippen LogP contribution >= 0.6 is 0 Å². The van der Waals surface area contributed by atoms with Crippen molar-refractivity contribution in [1.82, 2.24) is 19.9 Å². The number of nitrogen functional groups attached to an aromatic ring is 1. The molecule has 0 aromatic carbocycles. The summed E-state index contributed by atoms with van der Waals surface area (Å²) in [7, 11) is 0. The molecule has 4 fully saturated rings. The van der Waals surface area contributed by atoms with Crippen molar-refractivity contribution in [1.29, 1.82) is 0 Å². The fourth-order valence-electron chi connectivity index (χ4n) is 5.48. The highest BCUT2D eigenvalue weighted by atomic mass is 15.1. The SMILES string of the molecule is Nc1nc(C23CC4CC(CC(C4)C2)C3)nc2nc[nH]c12. The molecule has 0 aliphatic heterocycles. The largest absolute Gasteiger partial charge is 0.382 e. The maximum Gasteiger partial charge on any atom is 0.183 e. The molecule has 0 unspecified atom stereocenters. The molecule has 2 heterocycles. The molecular formula is C15H19N5. The molecule has 0 radical (unpaired) electrons. The Bertz CT molecular complexity index is 653. The molecule has 4 aliphatic rings. The monoisotopic (exact) mass is 269 g/mol. The Morgan fingerprint density at radius 2 is 1.70 bits per heavy atom. The number of rotatable bonds is 1. The summed E-state index contributed by atoms with van der Waals surface area (Å²) in [5, 5.41) is 0. The first kappa shape index (κ1) is 11.1. The Morgan fingerprint density at radius 3 is 2.35 bits per heavy atom. The third kappa shape index (κ3) is 1.35. The fraction of sp³-hybridized carbons (Fsp3) is 0.667. The van der Waals surface area contributed by atoms with Gasteiger partial charge in [-0.25, -0.2) is 15.0 Å². The van der Waals surface area contributed by atoms with Crippen molar-refractivity contribution in [2.45, 2.75) is 43.9 Å². The van der Waals surface area contributed by atoms with Gasteiger partial charge in [0.05, 0.1) is 6.33 Å². The molecule has 20 heavy (non-hydrogen) atoms. The van der Waals surface area contributed by atoms with Crippen LogP contribution in [0, 0.1) is 17.8 Å². The summed E-state index contributed by atoms with van der Waals surface area (Å²) in [6, 6.07) is 0. The number of imidazole rings is 1. The van der Waals surface area contributed by atoms with Crippen LogP contribution in [0.3, 0.4) is 0 Å². The highest BCUT2D eigenvalue weighted by molar-refractivity contribution is 5.80. The van der Waals surface area contributed by atoms with E-state index in [9.17, 15) is 0 Å². The Morgan fingerprint density at radius 1 is 1.05 bits per heavy atom. The number of anilines is 1. The van der Waals surface area contributed by atoms with Crippen molar-refractivity contribution in [3.8, 4) is 0 Å². The molecule has 2 aromatic heterocycles. The molecule has 3 N–H and O–H groups in total. The van der Waals surface area contributed by atoms with Gasteiger partial charge in [-0.15, -0.1) is 0 Å². The topological polar surface area (TPSA) is 80.5 Å². The molecule has 4 aliphatic carbocycles. The van der Waals surface area contributed by atoms with E-state index in [1.807, 2.05) is 0 Å². The fourth-order valence-corrected chi connectivity index (χ4v) is 5.48. The highest BCUT2D eigenvalue weighted by Gasteiger charge is 2.53. The van der Waals surface area contributed by atoms with Crippen LogP contribution in [0.5, 0.6) is 0 Å². The smallest absolute Gasteiger partial charge is 0.183 e. The van der Waals surface area contributed by atoms with Gasteiger partial charge in [-0.1, -0.05) is 0 Å². The zero-order chi connectivity index (χ0) is 13.3. The van der Waals surface area contributed by atoms with Crippen LogP contribution in [0.2, 0.25) is 0 Å². The van der Waals surface area contributed by atoms with Crippen LogP contribution in [0.15, 0.2) is 6.33 Å². The lowest BCUT2D eigenvalue weighted by molar-refractivity contribution is -0.00918.